The molecule has 8 heteroatoms. The number of rotatable bonds is 9. The molecule has 0 saturated heterocycles. The molecule has 37 heavy (non-hydrogen) atoms. The van der Waals surface area contributed by atoms with E-state index in [4.69, 9.17) is 28.3 Å². The van der Waals surface area contributed by atoms with E-state index in [1.54, 1.807) is 6.20 Å². The lowest BCUT2D eigenvalue weighted by atomic mass is 10.1. The molecule has 2 heterocycles. The average Bonchev–Trinajstić information content (AvgIpc) is 3.34. The first-order valence-electron chi connectivity index (χ1n) is 11.7. The van der Waals surface area contributed by atoms with Crippen molar-refractivity contribution in [2.45, 2.75) is 29.6 Å². The normalized spacial score (nSPS) is 10.9. The van der Waals surface area contributed by atoms with Crippen LogP contribution in [0.25, 0.3) is 11.4 Å². The Morgan fingerprint density at radius 3 is 1.92 bits per heavy atom. The summed E-state index contributed by atoms with van der Waals surface area (Å²) >= 11 is 13.2. The molecule has 0 N–H and O–H groups in total. The maximum Gasteiger partial charge on any atom is 0.346 e. The molecule has 0 atom stereocenters. The van der Waals surface area contributed by atoms with E-state index in [0.29, 0.717) is 0 Å². The number of hydrogen-bond donors (Lipinski definition) is 0. The van der Waals surface area contributed by atoms with Crippen molar-refractivity contribution < 1.29 is 12.4 Å². The van der Waals surface area contributed by atoms with E-state index in [-0.39, 0.29) is 23.3 Å². The smallest absolute Gasteiger partial charge is 0.346 e. The fourth-order valence-electron chi connectivity index (χ4n) is 4.08. The number of aryl methyl sites for hydroxylation is 1. The summed E-state index contributed by atoms with van der Waals surface area (Å²) in [6.07, 6.45) is 4.48. The highest BCUT2D eigenvalue weighted by molar-refractivity contribution is 7.95. The molecule has 2 aromatic heterocycles. The summed E-state index contributed by atoms with van der Waals surface area (Å²) in [4.78, 5) is 4.32. The van der Waals surface area contributed by atoms with Gasteiger partial charge in [-0.15, -0.1) is 5.10 Å². The molecule has 0 spiro atoms. The van der Waals surface area contributed by atoms with Crippen LogP contribution < -0.4 is 12.4 Å². The van der Waals surface area contributed by atoms with Crippen molar-refractivity contribution in [3.05, 3.63) is 130 Å². The number of halogens is 3. The molecular formula is C29H25Cl3N4S. The van der Waals surface area contributed by atoms with Gasteiger partial charge in [0.15, 0.2) is 5.82 Å². The minimum atomic E-state index is -0.333. The third kappa shape index (κ3) is 6.74. The minimum absolute atomic E-state index is 0. The van der Waals surface area contributed by atoms with Gasteiger partial charge in [-0.1, -0.05) is 95.0 Å². The van der Waals surface area contributed by atoms with Crippen LogP contribution in [0.1, 0.15) is 16.7 Å². The number of aromatic nitrogens is 4. The van der Waals surface area contributed by atoms with Gasteiger partial charge < -0.3 is 12.4 Å². The predicted molar refractivity (Wildman–Crippen MR) is 149 cm³/mol. The molecule has 0 bridgehead atoms. The van der Waals surface area contributed by atoms with Crippen LogP contribution in [-0.2, 0) is 35.4 Å². The van der Waals surface area contributed by atoms with Crippen LogP contribution in [0.5, 0.6) is 0 Å². The molecule has 0 amide bonds. The number of hydrogen-bond acceptors (Lipinski definition) is 3. The Balaban J connectivity index is 0.00000320. The third-order valence-electron chi connectivity index (χ3n) is 5.94. The predicted octanol–water partition coefficient (Wildman–Crippen LogP) is 4.27. The zero-order valence-corrected chi connectivity index (χ0v) is 23.1. The van der Waals surface area contributed by atoms with Crippen LogP contribution in [0.4, 0.5) is 0 Å². The molecule has 188 valence electrons. The largest absolute Gasteiger partial charge is 1.00 e. The molecule has 0 radical (unpaired) electrons. The highest BCUT2D eigenvalue weighted by atomic mass is 35.5. The van der Waals surface area contributed by atoms with Crippen LogP contribution >= 0.6 is 23.2 Å². The summed E-state index contributed by atoms with van der Waals surface area (Å²) in [5, 5.41) is 11.9. The topological polar surface area (TPSA) is 43.6 Å². The molecule has 0 aliphatic heterocycles. The third-order valence-corrected chi connectivity index (χ3v) is 8.81. The fraction of sp³-hybridized carbons (Fsp3) is 0.138. The quantitative estimate of drug-likeness (QED) is 0.250. The van der Waals surface area contributed by atoms with Gasteiger partial charge in [-0.05, 0) is 36.2 Å². The Bertz CT molecular complexity index is 1380. The van der Waals surface area contributed by atoms with Crippen LogP contribution in [0.3, 0.4) is 0 Å². The minimum Gasteiger partial charge on any atom is -1.00 e. The second-order valence-corrected chi connectivity index (χ2v) is 11.1. The Labute approximate surface area is 236 Å². The molecule has 0 aliphatic rings. The van der Waals surface area contributed by atoms with E-state index < -0.39 is 0 Å². The maximum absolute atomic E-state index is 6.60. The zero-order valence-electron chi connectivity index (χ0n) is 20.0. The van der Waals surface area contributed by atoms with E-state index in [9.17, 15) is 0 Å². The van der Waals surface area contributed by atoms with E-state index in [2.05, 4.69) is 51.0 Å². The van der Waals surface area contributed by atoms with Crippen molar-refractivity contribution in [3.63, 3.8) is 0 Å². The summed E-state index contributed by atoms with van der Waals surface area (Å²) in [6.45, 7) is 0.755. The molecule has 3 aromatic carbocycles. The van der Waals surface area contributed by atoms with E-state index in [0.717, 1.165) is 62.2 Å². The lowest BCUT2D eigenvalue weighted by Gasteiger charge is -2.13. The SMILES string of the molecule is Clc1ccccc1C[S+](Cc1ccccc1Cl)c1nnc(-c2cccnc2)n1CCc1ccccc1.[Cl-]. The van der Waals surface area contributed by atoms with Crippen molar-refractivity contribution in [1.29, 1.82) is 0 Å². The monoisotopic (exact) mass is 566 g/mol. The summed E-state index contributed by atoms with van der Waals surface area (Å²) in [7, 11) is -0.333. The van der Waals surface area contributed by atoms with E-state index in [1.807, 2.05) is 60.8 Å². The molecule has 0 unspecified atom stereocenters. The molecule has 5 aromatic rings. The van der Waals surface area contributed by atoms with Gasteiger partial charge >= 0.3 is 5.16 Å². The van der Waals surface area contributed by atoms with E-state index >= 15 is 0 Å². The second-order valence-electron chi connectivity index (χ2n) is 8.40. The highest BCUT2D eigenvalue weighted by Gasteiger charge is 2.33. The van der Waals surface area contributed by atoms with Crippen LogP contribution in [-0.4, -0.2) is 19.7 Å². The lowest BCUT2D eigenvalue weighted by Crippen LogP contribution is -3.00. The van der Waals surface area contributed by atoms with Gasteiger partial charge in [-0.2, -0.15) is 0 Å². The zero-order chi connectivity index (χ0) is 24.7. The first-order chi connectivity index (χ1) is 17.7. The summed E-state index contributed by atoms with van der Waals surface area (Å²) in [5.74, 6) is 2.33. The van der Waals surface area contributed by atoms with Crippen LogP contribution in [0, 0.1) is 0 Å². The standard InChI is InChI=1S/C29H25Cl2N4S.ClH/c30-26-14-6-4-11-24(26)20-36(21-25-12-5-7-15-27(25)31)29-34-33-28(23-13-8-17-32-19-23)35(29)18-16-22-9-2-1-3-10-22;/h1-15,17,19H,16,18,20-21H2;1H/q+1;/p-1. The Morgan fingerprint density at radius 2 is 1.32 bits per heavy atom. The molecule has 5 rings (SSSR count). The van der Waals surface area contributed by atoms with Gasteiger partial charge in [0.2, 0.25) is 0 Å². The van der Waals surface area contributed by atoms with Gasteiger partial charge in [0, 0.05) is 45.7 Å². The Morgan fingerprint density at radius 1 is 0.703 bits per heavy atom. The first-order valence-corrected chi connectivity index (χ1v) is 14.0. The highest BCUT2D eigenvalue weighted by Crippen LogP contribution is 2.30. The Hall–Kier alpha value is -2.83. The number of pyridine rings is 1. The summed E-state index contributed by atoms with van der Waals surface area (Å²) in [5.41, 5.74) is 4.40. The van der Waals surface area contributed by atoms with Crippen molar-refractivity contribution in [3.8, 4) is 11.4 Å². The number of benzene rings is 3. The lowest BCUT2D eigenvalue weighted by molar-refractivity contribution is -0.00000716. The van der Waals surface area contributed by atoms with E-state index in [1.165, 1.54) is 5.56 Å². The van der Waals surface area contributed by atoms with Gasteiger partial charge in [-0.3, -0.25) is 9.55 Å². The van der Waals surface area contributed by atoms with Gasteiger partial charge in [0.1, 0.15) is 11.5 Å². The summed E-state index contributed by atoms with van der Waals surface area (Å²) < 4.78 is 2.25. The maximum atomic E-state index is 6.60. The fourth-order valence-corrected chi connectivity index (χ4v) is 6.91. The van der Waals surface area contributed by atoms with Crippen molar-refractivity contribution in [1.82, 2.24) is 19.7 Å². The van der Waals surface area contributed by atoms with Crippen LogP contribution in [0.15, 0.2) is 109 Å². The summed E-state index contributed by atoms with van der Waals surface area (Å²) in [6, 6.07) is 30.5. The molecule has 0 saturated carbocycles. The first kappa shape index (κ1) is 27.2. The van der Waals surface area contributed by atoms with Crippen molar-refractivity contribution >= 4 is 34.1 Å². The van der Waals surface area contributed by atoms with Gasteiger partial charge in [0.25, 0.3) is 0 Å². The van der Waals surface area contributed by atoms with Gasteiger partial charge in [0.05, 0.1) is 10.9 Å². The van der Waals surface area contributed by atoms with Crippen molar-refractivity contribution in [2.75, 3.05) is 0 Å². The average molecular weight is 568 g/mol. The molecular weight excluding hydrogens is 543 g/mol. The van der Waals surface area contributed by atoms with Crippen molar-refractivity contribution in [2.24, 2.45) is 0 Å². The van der Waals surface area contributed by atoms with Crippen LogP contribution in [0.2, 0.25) is 10.0 Å². The molecule has 0 aliphatic carbocycles. The molecule has 4 nitrogen and oxygen atoms in total. The second kappa shape index (κ2) is 13.1. The molecule has 0 fully saturated rings. The number of nitrogens with zero attached hydrogens (tertiary/aromatic N) is 4. The van der Waals surface area contributed by atoms with Gasteiger partial charge in [-0.25, -0.2) is 0 Å². The Kier molecular flexibility index (Phi) is 9.64.